The normalized spacial score (nSPS) is 15.1. The molecule has 0 fully saturated rings. The standard InChI is InChI=1S/C25H28O6/c1-13(2)5-7-15-9-17(20(28)10-18(15)26)23-12-22(30)24-21(29)11-19(27)16(25(24)31-23)8-6-14(3)4/h5-6,9-11,23,26-29H,7-8,12H2,1-4H3/t23-/m0/s1. The molecule has 31 heavy (non-hydrogen) atoms. The molecule has 0 amide bonds. The Balaban J connectivity index is 2.08. The molecular weight excluding hydrogens is 396 g/mol. The molecule has 1 aliphatic heterocycles. The van der Waals surface area contributed by atoms with Gasteiger partial charge in [0.15, 0.2) is 5.78 Å². The minimum absolute atomic E-state index is 0.0363. The first-order valence-electron chi connectivity index (χ1n) is 10.2. The Kier molecular flexibility index (Phi) is 6.29. The molecule has 0 aliphatic carbocycles. The first-order valence-corrected chi connectivity index (χ1v) is 10.2. The van der Waals surface area contributed by atoms with Crippen molar-refractivity contribution in [2.75, 3.05) is 0 Å². The van der Waals surface area contributed by atoms with E-state index in [9.17, 15) is 25.2 Å². The molecule has 0 saturated heterocycles. The van der Waals surface area contributed by atoms with Crippen molar-refractivity contribution in [3.8, 4) is 28.7 Å². The van der Waals surface area contributed by atoms with E-state index in [0.29, 0.717) is 29.5 Å². The molecule has 1 heterocycles. The van der Waals surface area contributed by atoms with Crippen molar-refractivity contribution in [3.63, 3.8) is 0 Å². The first kappa shape index (κ1) is 22.3. The Labute approximate surface area is 181 Å². The second-order valence-corrected chi connectivity index (χ2v) is 8.34. The van der Waals surface area contributed by atoms with Crippen LogP contribution >= 0.6 is 0 Å². The number of hydrogen-bond acceptors (Lipinski definition) is 6. The number of benzene rings is 2. The van der Waals surface area contributed by atoms with Crippen LogP contribution in [0, 0.1) is 0 Å². The summed E-state index contributed by atoms with van der Waals surface area (Å²) in [6.45, 7) is 7.73. The molecule has 1 aliphatic rings. The summed E-state index contributed by atoms with van der Waals surface area (Å²) in [6.07, 6.45) is 3.72. The lowest BCUT2D eigenvalue weighted by Crippen LogP contribution is -2.22. The van der Waals surface area contributed by atoms with Gasteiger partial charge in [0.25, 0.3) is 0 Å². The monoisotopic (exact) mass is 424 g/mol. The predicted molar refractivity (Wildman–Crippen MR) is 118 cm³/mol. The molecule has 6 nitrogen and oxygen atoms in total. The maximum atomic E-state index is 12.9. The second-order valence-electron chi connectivity index (χ2n) is 8.34. The number of ether oxygens (including phenoxy) is 1. The van der Waals surface area contributed by atoms with Crippen LogP contribution in [0.4, 0.5) is 0 Å². The third kappa shape index (κ3) is 4.68. The largest absolute Gasteiger partial charge is 0.508 e. The molecule has 0 saturated carbocycles. The highest BCUT2D eigenvalue weighted by Crippen LogP contribution is 2.47. The molecule has 4 N–H and O–H groups in total. The summed E-state index contributed by atoms with van der Waals surface area (Å²) >= 11 is 0. The van der Waals surface area contributed by atoms with Gasteiger partial charge in [-0.2, -0.15) is 0 Å². The Morgan fingerprint density at radius 2 is 1.52 bits per heavy atom. The van der Waals surface area contributed by atoms with Gasteiger partial charge in [-0.15, -0.1) is 0 Å². The highest BCUT2D eigenvalue weighted by molar-refractivity contribution is 6.03. The van der Waals surface area contributed by atoms with E-state index >= 15 is 0 Å². The average Bonchev–Trinajstić information content (AvgIpc) is 2.66. The Hall–Kier alpha value is -3.41. The van der Waals surface area contributed by atoms with Crippen LogP contribution in [0.15, 0.2) is 41.5 Å². The lowest BCUT2D eigenvalue weighted by molar-refractivity contribution is 0.0839. The van der Waals surface area contributed by atoms with Crippen LogP contribution in [0.5, 0.6) is 28.7 Å². The Morgan fingerprint density at radius 3 is 2.16 bits per heavy atom. The molecule has 0 spiro atoms. The van der Waals surface area contributed by atoms with Gasteiger partial charge < -0.3 is 25.2 Å². The Morgan fingerprint density at radius 1 is 0.903 bits per heavy atom. The van der Waals surface area contributed by atoms with Crippen molar-refractivity contribution in [3.05, 3.63) is 63.8 Å². The van der Waals surface area contributed by atoms with E-state index in [1.54, 1.807) is 6.07 Å². The average molecular weight is 424 g/mol. The molecule has 2 aromatic carbocycles. The summed E-state index contributed by atoms with van der Waals surface area (Å²) < 4.78 is 6.09. The molecule has 0 unspecified atom stereocenters. The zero-order valence-electron chi connectivity index (χ0n) is 18.2. The van der Waals surface area contributed by atoms with Crippen molar-refractivity contribution in [1.29, 1.82) is 0 Å². The van der Waals surface area contributed by atoms with Crippen LogP contribution < -0.4 is 4.74 Å². The van der Waals surface area contributed by atoms with Gasteiger partial charge in [-0.1, -0.05) is 23.3 Å². The van der Waals surface area contributed by atoms with Crippen LogP contribution in [-0.2, 0) is 12.8 Å². The smallest absolute Gasteiger partial charge is 0.174 e. The quantitative estimate of drug-likeness (QED) is 0.490. The minimum Gasteiger partial charge on any atom is -0.508 e. The maximum absolute atomic E-state index is 12.9. The van der Waals surface area contributed by atoms with Gasteiger partial charge in [-0.25, -0.2) is 0 Å². The van der Waals surface area contributed by atoms with E-state index in [1.807, 2.05) is 39.8 Å². The van der Waals surface area contributed by atoms with Gasteiger partial charge in [-0.05, 0) is 52.2 Å². The van der Waals surface area contributed by atoms with Crippen molar-refractivity contribution < 1.29 is 30.0 Å². The highest BCUT2D eigenvalue weighted by Gasteiger charge is 2.34. The first-order chi connectivity index (χ1) is 14.6. The van der Waals surface area contributed by atoms with Crippen LogP contribution in [0.3, 0.4) is 0 Å². The van der Waals surface area contributed by atoms with E-state index in [1.165, 1.54) is 6.07 Å². The summed E-state index contributed by atoms with van der Waals surface area (Å²) in [5.74, 6) is -0.955. The highest BCUT2D eigenvalue weighted by atomic mass is 16.5. The van der Waals surface area contributed by atoms with Crippen molar-refractivity contribution in [2.45, 2.75) is 53.1 Å². The third-order valence-electron chi connectivity index (χ3n) is 5.27. The number of Topliss-reactive ketones (excluding diaryl/α,β-unsaturated/α-hetero) is 1. The van der Waals surface area contributed by atoms with Crippen molar-refractivity contribution in [1.82, 2.24) is 0 Å². The number of phenolic OH excluding ortho intramolecular Hbond substituents is 4. The van der Waals surface area contributed by atoms with Crippen molar-refractivity contribution in [2.24, 2.45) is 0 Å². The minimum atomic E-state index is -0.822. The molecular formula is C25H28O6. The SMILES string of the molecule is CC(C)=CCc1cc([C@@H]2CC(=O)c3c(O)cc(O)c(CC=C(C)C)c3O2)c(O)cc1O. The van der Waals surface area contributed by atoms with E-state index in [0.717, 1.165) is 17.2 Å². The van der Waals surface area contributed by atoms with E-state index in [-0.39, 0.29) is 46.5 Å². The van der Waals surface area contributed by atoms with Gasteiger partial charge in [0.2, 0.25) is 0 Å². The summed E-state index contributed by atoms with van der Waals surface area (Å²) in [4.78, 5) is 12.9. The molecule has 3 rings (SSSR count). The number of aromatic hydroxyl groups is 4. The number of ketones is 1. The number of phenols is 4. The fourth-order valence-electron chi connectivity index (χ4n) is 3.58. The topological polar surface area (TPSA) is 107 Å². The summed E-state index contributed by atoms with van der Waals surface area (Å²) in [6, 6.07) is 4.03. The van der Waals surface area contributed by atoms with E-state index in [2.05, 4.69) is 0 Å². The van der Waals surface area contributed by atoms with Gasteiger partial charge in [0.1, 0.15) is 40.4 Å². The van der Waals surface area contributed by atoms with Crippen LogP contribution in [0.2, 0.25) is 0 Å². The third-order valence-corrected chi connectivity index (χ3v) is 5.27. The maximum Gasteiger partial charge on any atom is 0.174 e. The number of fused-ring (bicyclic) bond motifs is 1. The Bertz CT molecular complexity index is 1090. The number of carbonyl (C=O) groups is 1. The molecule has 2 aromatic rings. The van der Waals surface area contributed by atoms with Gasteiger partial charge >= 0.3 is 0 Å². The van der Waals surface area contributed by atoms with Crippen LogP contribution in [0.25, 0.3) is 0 Å². The molecule has 0 aromatic heterocycles. The number of allylic oxidation sites excluding steroid dienone is 4. The van der Waals surface area contributed by atoms with Gasteiger partial charge in [0, 0.05) is 23.3 Å². The zero-order chi connectivity index (χ0) is 22.9. The zero-order valence-corrected chi connectivity index (χ0v) is 18.2. The predicted octanol–water partition coefficient (Wildman–Crippen LogP) is 5.23. The number of hydrogen-bond donors (Lipinski definition) is 4. The van der Waals surface area contributed by atoms with Gasteiger partial charge in [0.05, 0.1) is 6.42 Å². The fraction of sp³-hybridized carbons (Fsp3) is 0.320. The van der Waals surface area contributed by atoms with E-state index < -0.39 is 6.10 Å². The lowest BCUT2D eigenvalue weighted by atomic mass is 9.91. The number of carbonyl (C=O) groups excluding carboxylic acids is 1. The molecule has 164 valence electrons. The van der Waals surface area contributed by atoms with Crippen LogP contribution in [-0.4, -0.2) is 26.2 Å². The molecule has 1 atom stereocenters. The second kappa shape index (κ2) is 8.76. The van der Waals surface area contributed by atoms with E-state index in [4.69, 9.17) is 4.74 Å². The molecule has 0 bridgehead atoms. The van der Waals surface area contributed by atoms with Gasteiger partial charge in [-0.3, -0.25) is 4.79 Å². The summed E-state index contributed by atoms with van der Waals surface area (Å²) in [7, 11) is 0. The summed E-state index contributed by atoms with van der Waals surface area (Å²) in [5, 5.41) is 41.3. The summed E-state index contributed by atoms with van der Waals surface area (Å²) in [5.41, 5.74) is 3.51. The fourth-order valence-corrected chi connectivity index (χ4v) is 3.58. The molecule has 0 radical (unpaired) electrons. The van der Waals surface area contributed by atoms with Crippen molar-refractivity contribution >= 4 is 5.78 Å². The number of rotatable bonds is 5. The lowest BCUT2D eigenvalue weighted by Gasteiger charge is -2.29. The van der Waals surface area contributed by atoms with Crippen LogP contribution in [0.1, 0.15) is 67.3 Å². The molecule has 6 heteroatoms.